The van der Waals surface area contributed by atoms with Gasteiger partial charge in [0, 0.05) is 17.9 Å². The van der Waals surface area contributed by atoms with E-state index < -0.39 is 0 Å². The van der Waals surface area contributed by atoms with Crippen LogP contribution >= 0.6 is 0 Å². The van der Waals surface area contributed by atoms with Crippen LogP contribution in [0.2, 0.25) is 0 Å². The molecular weight excluding hydrogens is 331 g/mol. The fourth-order valence-electron chi connectivity index (χ4n) is 5.07. The Balaban J connectivity index is 1.69. The summed E-state index contributed by atoms with van der Waals surface area (Å²) in [6, 6.07) is 6.40. The quantitative estimate of drug-likeness (QED) is 0.876. The molecule has 4 rings (SSSR count). The number of hydrogen-bond donors (Lipinski definition) is 1. The Morgan fingerprint density at radius 3 is 2.58 bits per heavy atom. The van der Waals surface area contributed by atoms with Gasteiger partial charge in [0.05, 0.1) is 18.1 Å². The normalized spacial score (nSPS) is 29.8. The number of nitrogens with zero attached hydrogens (tertiary/aromatic N) is 1. The molecule has 0 bridgehead atoms. The van der Waals surface area contributed by atoms with Gasteiger partial charge in [-0.3, -0.25) is 9.59 Å². The maximum absolute atomic E-state index is 14.5. The molecule has 26 heavy (non-hydrogen) atoms. The Labute approximate surface area is 154 Å². The van der Waals surface area contributed by atoms with Crippen molar-refractivity contribution in [2.24, 2.45) is 5.92 Å². The van der Waals surface area contributed by atoms with E-state index >= 15 is 0 Å². The van der Waals surface area contributed by atoms with Gasteiger partial charge in [-0.15, -0.1) is 0 Å². The van der Waals surface area contributed by atoms with Crippen molar-refractivity contribution in [1.29, 1.82) is 0 Å². The zero-order valence-electron chi connectivity index (χ0n) is 15.1. The molecule has 2 saturated heterocycles. The van der Waals surface area contributed by atoms with Gasteiger partial charge in [0.25, 0.3) is 0 Å². The largest absolute Gasteiger partial charge is 0.351 e. The first-order chi connectivity index (χ1) is 12.6. The number of likely N-dealkylation sites (tertiary alicyclic amines) is 1. The second-order valence-corrected chi connectivity index (χ2v) is 7.99. The molecule has 3 atom stereocenters. The smallest absolute Gasteiger partial charge is 0.226 e. The number of carbonyl (C=O) groups is 2. The Hall–Kier alpha value is -1.91. The third kappa shape index (κ3) is 3.24. The van der Waals surface area contributed by atoms with Gasteiger partial charge in [0.1, 0.15) is 5.82 Å². The van der Waals surface area contributed by atoms with Crippen molar-refractivity contribution in [1.82, 2.24) is 10.2 Å². The number of amides is 2. The van der Waals surface area contributed by atoms with Crippen molar-refractivity contribution in [3.05, 3.63) is 35.6 Å². The van der Waals surface area contributed by atoms with Crippen LogP contribution in [-0.4, -0.2) is 28.8 Å². The van der Waals surface area contributed by atoms with Crippen LogP contribution in [0.1, 0.15) is 69.4 Å². The van der Waals surface area contributed by atoms with Crippen LogP contribution in [0.25, 0.3) is 0 Å². The van der Waals surface area contributed by atoms with Gasteiger partial charge in [0.2, 0.25) is 11.8 Å². The standard InChI is InChI=1S/C21H27FN2O2/c22-16-10-4-3-9-15(16)19-13-17-18(11-5-6-12-20(25)23-17)24(19)21(26)14-7-1-2-8-14/h3-4,9-10,14,17-19H,1-2,5-8,11-13H2,(H,23,25)/t17-,18+,19+/m1/s1. The molecule has 1 saturated carbocycles. The zero-order valence-corrected chi connectivity index (χ0v) is 15.1. The van der Waals surface area contributed by atoms with Gasteiger partial charge in [-0.25, -0.2) is 4.39 Å². The van der Waals surface area contributed by atoms with Crippen LogP contribution < -0.4 is 5.32 Å². The molecule has 1 aromatic carbocycles. The molecule has 140 valence electrons. The summed E-state index contributed by atoms with van der Waals surface area (Å²) < 4.78 is 14.5. The number of hydrogen-bond acceptors (Lipinski definition) is 2. The van der Waals surface area contributed by atoms with Crippen LogP contribution in [0.3, 0.4) is 0 Å². The SMILES string of the molecule is O=C1CCCC[C@H]2[C@@H](C[C@@H](c3ccccc3F)N2C(=O)C2CCCC2)N1. The molecular formula is C21H27FN2O2. The molecule has 1 aliphatic carbocycles. The fourth-order valence-corrected chi connectivity index (χ4v) is 5.07. The molecule has 3 fully saturated rings. The average Bonchev–Trinajstić information content (AvgIpc) is 3.25. The first kappa shape index (κ1) is 17.5. The lowest BCUT2D eigenvalue weighted by Gasteiger charge is -2.35. The highest BCUT2D eigenvalue weighted by Gasteiger charge is 2.47. The second kappa shape index (κ2) is 7.37. The number of carbonyl (C=O) groups excluding carboxylic acids is 2. The lowest BCUT2D eigenvalue weighted by atomic mass is 9.97. The summed E-state index contributed by atoms with van der Waals surface area (Å²) >= 11 is 0. The summed E-state index contributed by atoms with van der Waals surface area (Å²) in [5.41, 5.74) is 0.583. The molecule has 0 unspecified atom stereocenters. The van der Waals surface area contributed by atoms with E-state index in [4.69, 9.17) is 0 Å². The lowest BCUT2D eigenvalue weighted by Crippen LogP contribution is -2.49. The summed E-state index contributed by atoms with van der Waals surface area (Å²) in [5, 5.41) is 3.12. The number of rotatable bonds is 2. The average molecular weight is 358 g/mol. The van der Waals surface area contributed by atoms with E-state index in [0.29, 0.717) is 18.4 Å². The van der Waals surface area contributed by atoms with E-state index in [2.05, 4.69) is 5.32 Å². The molecule has 0 spiro atoms. The van der Waals surface area contributed by atoms with Crippen molar-refractivity contribution in [3.8, 4) is 0 Å². The molecule has 1 N–H and O–H groups in total. The predicted molar refractivity (Wildman–Crippen MR) is 96.7 cm³/mol. The summed E-state index contributed by atoms with van der Waals surface area (Å²) in [5.74, 6) is 0.0201. The number of halogens is 1. The van der Waals surface area contributed by atoms with E-state index in [0.717, 1.165) is 44.9 Å². The van der Waals surface area contributed by atoms with Gasteiger partial charge in [0.15, 0.2) is 0 Å². The zero-order chi connectivity index (χ0) is 18.1. The fraction of sp³-hybridized carbons (Fsp3) is 0.619. The topological polar surface area (TPSA) is 49.4 Å². The molecule has 0 radical (unpaired) electrons. The van der Waals surface area contributed by atoms with Crippen molar-refractivity contribution >= 4 is 11.8 Å². The lowest BCUT2D eigenvalue weighted by molar-refractivity contribution is -0.139. The first-order valence-electron chi connectivity index (χ1n) is 10.0. The second-order valence-electron chi connectivity index (χ2n) is 7.99. The molecule has 2 heterocycles. The minimum atomic E-state index is -0.280. The van der Waals surface area contributed by atoms with Gasteiger partial charge >= 0.3 is 0 Å². The minimum Gasteiger partial charge on any atom is -0.351 e. The molecule has 0 aromatic heterocycles. The van der Waals surface area contributed by atoms with Crippen LogP contribution in [0.4, 0.5) is 4.39 Å². The number of nitrogens with one attached hydrogen (secondary N) is 1. The van der Waals surface area contributed by atoms with Crippen molar-refractivity contribution in [2.45, 2.75) is 75.9 Å². The molecule has 3 aliphatic rings. The van der Waals surface area contributed by atoms with E-state index in [1.165, 1.54) is 6.07 Å². The third-order valence-corrected chi connectivity index (χ3v) is 6.36. The molecule has 2 amide bonds. The maximum atomic E-state index is 14.5. The third-order valence-electron chi connectivity index (χ3n) is 6.36. The van der Waals surface area contributed by atoms with Gasteiger partial charge in [-0.05, 0) is 38.2 Å². The summed E-state index contributed by atoms with van der Waals surface area (Å²) in [6.07, 6.45) is 7.89. The van der Waals surface area contributed by atoms with Gasteiger partial charge < -0.3 is 10.2 Å². The highest BCUT2D eigenvalue weighted by Crippen LogP contribution is 2.42. The minimum absolute atomic E-state index is 0.0167. The van der Waals surface area contributed by atoms with Crippen molar-refractivity contribution < 1.29 is 14.0 Å². The van der Waals surface area contributed by atoms with Crippen LogP contribution in [0.15, 0.2) is 24.3 Å². The Bertz CT molecular complexity index is 686. The number of benzene rings is 1. The highest BCUT2D eigenvalue weighted by molar-refractivity contribution is 5.81. The maximum Gasteiger partial charge on any atom is 0.226 e. The first-order valence-corrected chi connectivity index (χ1v) is 10.0. The Morgan fingerprint density at radius 1 is 1.08 bits per heavy atom. The summed E-state index contributed by atoms with van der Waals surface area (Å²) in [4.78, 5) is 27.4. The molecule has 4 nitrogen and oxygen atoms in total. The van der Waals surface area contributed by atoms with Crippen LogP contribution in [-0.2, 0) is 9.59 Å². The molecule has 2 aliphatic heterocycles. The van der Waals surface area contributed by atoms with Gasteiger partial charge in [-0.1, -0.05) is 37.5 Å². The van der Waals surface area contributed by atoms with Gasteiger partial charge in [-0.2, -0.15) is 0 Å². The van der Waals surface area contributed by atoms with E-state index in [9.17, 15) is 14.0 Å². The molecule has 5 heteroatoms. The highest BCUT2D eigenvalue weighted by atomic mass is 19.1. The van der Waals surface area contributed by atoms with Crippen LogP contribution in [0, 0.1) is 11.7 Å². The summed E-state index contributed by atoms with van der Waals surface area (Å²) in [6.45, 7) is 0. The van der Waals surface area contributed by atoms with Crippen molar-refractivity contribution in [3.63, 3.8) is 0 Å². The van der Waals surface area contributed by atoms with E-state index in [-0.39, 0.29) is 41.7 Å². The predicted octanol–water partition coefficient (Wildman–Crippen LogP) is 3.72. The summed E-state index contributed by atoms with van der Waals surface area (Å²) in [7, 11) is 0. The van der Waals surface area contributed by atoms with E-state index in [1.807, 2.05) is 11.0 Å². The Morgan fingerprint density at radius 2 is 1.81 bits per heavy atom. The van der Waals surface area contributed by atoms with E-state index in [1.54, 1.807) is 12.1 Å². The number of fused-ring (bicyclic) bond motifs is 1. The monoisotopic (exact) mass is 358 g/mol. The molecule has 1 aromatic rings. The Kier molecular flexibility index (Phi) is 4.96. The van der Waals surface area contributed by atoms with Crippen molar-refractivity contribution in [2.75, 3.05) is 0 Å². The van der Waals surface area contributed by atoms with Crippen LogP contribution in [0.5, 0.6) is 0 Å².